The number of hydrogen-bond donors (Lipinski definition) is 2. The van der Waals surface area contributed by atoms with E-state index in [0.29, 0.717) is 10.6 Å². The van der Waals surface area contributed by atoms with Gasteiger partial charge < -0.3 is 5.32 Å². The highest BCUT2D eigenvalue weighted by molar-refractivity contribution is 8.25. The third kappa shape index (κ3) is 4.43. The fourth-order valence-corrected chi connectivity index (χ4v) is 3.00. The monoisotopic (exact) mass is 319 g/mol. The van der Waals surface area contributed by atoms with E-state index in [2.05, 4.69) is 11.9 Å². The first-order chi connectivity index (χ1) is 9.87. The Morgan fingerprint density at radius 1 is 1.38 bits per heavy atom. The van der Waals surface area contributed by atoms with E-state index in [1.807, 2.05) is 6.92 Å². The summed E-state index contributed by atoms with van der Waals surface area (Å²) in [5, 5.41) is 3.00. The topological polar surface area (TPSA) is 41.5 Å². The second-order valence-electron chi connectivity index (χ2n) is 4.96. The quantitative estimate of drug-likeness (QED) is 0.747. The van der Waals surface area contributed by atoms with Crippen molar-refractivity contribution in [1.29, 1.82) is 0 Å². The van der Waals surface area contributed by atoms with E-state index in [1.165, 1.54) is 7.11 Å². The van der Waals surface area contributed by atoms with Gasteiger partial charge in [0.1, 0.15) is 6.67 Å². The number of allylic oxidation sites excluding steroid dienone is 1. The van der Waals surface area contributed by atoms with Gasteiger partial charge in [-0.1, -0.05) is 25.6 Å². The minimum atomic E-state index is -2.85. The standard InChI is InChI=1S/C15H23F2NO2S/c1-11(2)18-15(9-16)12(3)13-5-7-14(8-6-13)21(19,10-17)20-4/h5-8,12,15,18-19H,1,9-10H2,2-4H3/t12-,15-/m1/s1. The SMILES string of the molecule is C=C(C)N[C@H](CF)[C@H](C)c1ccc(S(O)(CF)OC)cc1. The number of nitrogens with one attached hydrogen (secondary N) is 1. The molecule has 3 nitrogen and oxygen atoms in total. The van der Waals surface area contributed by atoms with Crippen LogP contribution in [0.15, 0.2) is 41.4 Å². The summed E-state index contributed by atoms with van der Waals surface area (Å²) in [6.45, 7) is 6.88. The Morgan fingerprint density at radius 2 is 1.95 bits per heavy atom. The second-order valence-corrected chi connectivity index (χ2v) is 7.26. The van der Waals surface area contributed by atoms with Gasteiger partial charge >= 0.3 is 0 Å². The highest BCUT2D eigenvalue weighted by Gasteiger charge is 2.21. The molecular weight excluding hydrogens is 296 g/mol. The molecule has 0 saturated carbocycles. The molecule has 1 aromatic rings. The lowest BCUT2D eigenvalue weighted by Gasteiger charge is -2.33. The van der Waals surface area contributed by atoms with Crippen LogP contribution < -0.4 is 5.32 Å². The predicted octanol–water partition coefficient (Wildman–Crippen LogP) is 4.38. The molecule has 0 aromatic heterocycles. The first-order valence-electron chi connectivity index (χ1n) is 6.61. The zero-order valence-corrected chi connectivity index (χ0v) is 13.4. The minimum absolute atomic E-state index is 0.0863. The number of alkyl halides is 2. The summed E-state index contributed by atoms with van der Waals surface area (Å²) < 4.78 is 40.9. The van der Waals surface area contributed by atoms with Crippen LogP contribution in [0.2, 0.25) is 0 Å². The molecular formula is C15H23F2NO2S. The highest BCUT2D eigenvalue weighted by atomic mass is 32.3. The van der Waals surface area contributed by atoms with Gasteiger partial charge in [-0.25, -0.2) is 8.78 Å². The van der Waals surface area contributed by atoms with Crippen molar-refractivity contribution in [3.63, 3.8) is 0 Å². The van der Waals surface area contributed by atoms with Gasteiger partial charge in [0.15, 0.2) is 6.01 Å². The van der Waals surface area contributed by atoms with E-state index in [9.17, 15) is 13.3 Å². The second kappa shape index (κ2) is 7.77. The molecule has 0 bridgehead atoms. The Morgan fingerprint density at radius 3 is 2.33 bits per heavy atom. The van der Waals surface area contributed by atoms with E-state index in [-0.39, 0.29) is 12.0 Å². The first-order valence-corrected chi connectivity index (χ1v) is 8.29. The summed E-state index contributed by atoms with van der Waals surface area (Å²) in [5.41, 5.74) is 1.60. The molecule has 0 radical (unpaired) electrons. The van der Waals surface area contributed by atoms with Gasteiger partial charge in [0.25, 0.3) is 0 Å². The maximum absolute atomic E-state index is 13.1. The highest BCUT2D eigenvalue weighted by Crippen LogP contribution is 2.52. The zero-order chi connectivity index (χ0) is 16.0. The van der Waals surface area contributed by atoms with Crippen LogP contribution in [0, 0.1) is 0 Å². The Hall–Kier alpha value is -1.11. The fourth-order valence-electron chi connectivity index (χ4n) is 2.03. The molecule has 0 spiro atoms. The van der Waals surface area contributed by atoms with E-state index in [0.717, 1.165) is 5.56 Å². The zero-order valence-electron chi connectivity index (χ0n) is 12.6. The van der Waals surface area contributed by atoms with Crippen molar-refractivity contribution in [2.45, 2.75) is 30.7 Å². The van der Waals surface area contributed by atoms with Gasteiger partial charge in [0.2, 0.25) is 0 Å². The van der Waals surface area contributed by atoms with Crippen LogP contribution >= 0.6 is 10.6 Å². The molecule has 21 heavy (non-hydrogen) atoms. The normalized spacial score (nSPS) is 18.4. The van der Waals surface area contributed by atoms with Crippen LogP contribution in [0.25, 0.3) is 0 Å². The molecule has 1 aromatic carbocycles. The molecule has 6 heteroatoms. The molecule has 1 rings (SSSR count). The molecule has 3 atom stereocenters. The Bertz CT molecular complexity index is 463. The smallest absolute Gasteiger partial charge is 0.182 e. The van der Waals surface area contributed by atoms with Gasteiger partial charge in [0.05, 0.1) is 18.0 Å². The lowest BCUT2D eigenvalue weighted by atomic mass is 9.94. The van der Waals surface area contributed by atoms with Gasteiger partial charge in [-0.05, 0) is 24.6 Å². The molecule has 0 aliphatic heterocycles. The predicted molar refractivity (Wildman–Crippen MR) is 84.0 cm³/mol. The average molecular weight is 319 g/mol. The van der Waals surface area contributed by atoms with E-state index in [4.69, 9.17) is 4.18 Å². The summed E-state index contributed by atoms with van der Waals surface area (Å²) in [6, 6.07) is 5.44. The lowest BCUT2D eigenvalue weighted by Crippen LogP contribution is -2.34. The van der Waals surface area contributed by atoms with Crippen molar-refractivity contribution < 1.29 is 17.5 Å². The van der Waals surface area contributed by atoms with Crippen molar-refractivity contribution in [2.75, 3.05) is 19.8 Å². The van der Waals surface area contributed by atoms with Crippen LogP contribution in [0.1, 0.15) is 25.3 Å². The van der Waals surface area contributed by atoms with Crippen molar-refractivity contribution in [1.82, 2.24) is 5.32 Å². The van der Waals surface area contributed by atoms with Gasteiger partial charge in [-0.15, -0.1) is 10.6 Å². The molecule has 120 valence electrons. The number of hydrogen-bond acceptors (Lipinski definition) is 3. The third-order valence-electron chi connectivity index (χ3n) is 3.40. The maximum atomic E-state index is 13.1. The van der Waals surface area contributed by atoms with Crippen molar-refractivity contribution in [3.05, 3.63) is 42.1 Å². The molecule has 2 N–H and O–H groups in total. The summed E-state index contributed by atoms with van der Waals surface area (Å²) in [4.78, 5) is 0.410. The molecule has 1 unspecified atom stereocenters. The van der Waals surface area contributed by atoms with Crippen LogP contribution in [0.5, 0.6) is 0 Å². The Labute approximate surface area is 126 Å². The van der Waals surface area contributed by atoms with E-state index >= 15 is 0 Å². The number of benzene rings is 1. The van der Waals surface area contributed by atoms with Crippen LogP contribution in [-0.4, -0.2) is 30.4 Å². The fraction of sp³-hybridized carbons (Fsp3) is 0.467. The van der Waals surface area contributed by atoms with Crippen molar-refractivity contribution >= 4 is 10.6 Å². The molecule has 0 fully saturated rings. The Kier molecular flexibility index (Phi) is 6.64. The number of halogens is 2. The van der Waals surface area contributed by atoms with Crippen molar-refractivity contribution in [2.24, 2.45) is 0 Å². The summed E-state index contributed by atoms with van der Waals surface area (Å²) in [7, 11) is -1.57. The van der Waals surface area contributed by atoms with Gasteiger partial charge in [-0.2, -0.15) is 0 Å². The molecule has 0 amide bonds. The molecule has 0 aliphatic carbocycles. The van der Waals surface area contributed by atoms with Crippen LogP contribution in [0.3, 0.4) is 0 Å². The Balaban J connectivity index is 2.93. The summed E-state index contributed by atoms with van der Waals surface area (Å²) in [6.07, 6.45) is 0. The van der Waals surface area contributed by atoms with Gasteiger partial charge in [-0.3, -0.25) is 8.74 Å². The van der Waals surface area contributed by atoms with E-state index < -0.39 is 23.3 Å². The largest absolute Gasteiger partial charge is 0.383 e. The summed E-state index contributed by atoms with van der Waals surface area (Å²) in [5.74, 6) is -0.0863. The number of rotatable bonds is 8. The van der Waals surface area contributed by atoms with Crippen LogP contribution in [-0.2, 0) is 4.18 Å². The molecule has 0 heterocycles. The van der Waals surface area contributed by atoms with Crippen molar-refractivity contribution in [3.8, 4) is 0 Å². The third-order valence-corrected chi connectivity index (χ3v) is 5.26. The minimum Gasteiger partial charge on any atom is -0.383 e. The molecule has 0 saturated heterocycles. The summed E-state index contributed by atoms with van der Waals surface area (Å²) >= 11 is 0. The van der Waals surface area contributed by atoms with E-state index in [1.54, 1.807) is 31.2 Å². The average Bonchev–Trinajstić information content (AvgIpc) is 2.51. The van der Waals surface area contributed by atoms with Gasteiger partial charge in [0, 0.05) is 11.6 Å². The lowest BCUT2D eigenvalue weighted by molar-refractivity contribution is 0.359. The maximum Gasteiger partial charge on any atom is 0.182 e. The van der Waals surface area contributed by atoms with Crippen LogP contribution in [0.4, 0.5) is 8.78 Å². The first kappa shape index (κ1) is 17.9. The molecule has 0 aliphatic rings.